The van der Waals surface area contributed by atoms with E-state index in [2.05, 4.69) is 19.2 Å². The molecule has 1 aliphatic carbocycles. The summed E-state index contributed by atoms with van der Waals surface area (Å²) in [5, 5.41) is 3.17. The third-order valence-corrected chi connectivity index (χ3v) is 3.70. The van der Waals surface area contributed by atoms with Crippen molar-refractivity contribution in [2.24, 2.45) is 17.6 Å². The Morgan fingerprint density at radius 2 is 2.12 bits per heavy atom. The number of hydrogen-bond acceptors (Lipinski definition) is 2. The summed E-state index contributed by atoms with van der Waals surface area (Å²) in [5.74, 6) is 1.67. The summed E-state index contributed by atoms with van der Waals surface area (Å²) < 4.78 is 0. The average molecular weight is 240 g/mol. The number of nitrogens with one attached hydrogen (secondary N) is 1. The Labute approximate surface area is 106 Å². The van der Waals surface area contributed by atoms with Gasteiger partial charge in [0.15, 0.2) is 0 Å². The lowest BCUT2D eigenvalue weighted by atomic mass is 10.0. The fraction of sp³-hybridized carbons (Fsp3) is 0.929. The maximum Gasteiger partial charge on any atom is 0.220 e. The molecule has 3 heteroatoms. The fourth-order valence-corrected chi connectivity index (χ4v) is 2.19. The van der Waals surface area contributed by atoms with Crippen LogP contribution in [0.25, 0.3) is 0 Å². The topological polar surface area (TPSA) is 55.1 Å². The number of nitrogens with two attached hydrogens (primary N) is 1. The molecule has 0 bridgehead atoms. The number of rotatable bonds is 9. The zero-order chi connectivity index (χ0) is 12.7. The van der Waals surface area contributed by atoms with E-state index < -0.39 is 0 Å². The van der Waals surface area contributed by atoms with Crippen molar-refractivity contribution in [3.8, 4) is 0 Å². The lowest BCUT2D eigenvalue weighted by molar-refractivity contribution is -0.122. The van der Waals surface area contributed by atoms with Crippen LogP contribution in [-0.2, 0) is 4.79 Å². The lowest BCUT2D eigenvalue weighted by Crippen LogP contribution is -2.34. The quantitative estimate of drug-likeness (QED) is 0.650. The highest BCUT2D eigenvalue weighted by atomic mass is 16.1. The molecule has 0 aromatic rings. The second-order valence-electron chi connectivity index (χ2n) is 5.57. The molecule has 0 heterocycles. The minimum absolute atomic E-state index is 0.223. The van der Waals surface area contributed by atoms with Crippen LogP contribution in [0, 0.1) is 11.8 Å². The Bertz CT molecular complexity index is 226. The fourth-order valence-electron chi connectivity index (χ4n) is 2.19. The summed E-state index contributed by atoms with van der Waals surface area (Å²) in [5.41, 5.74) is 5.50. The number of amides is 1. The minimum Gasteiger partial charge on any atom is -0.353 e. The van der Waals surface area contributed by atoms with Gasteiger partial charge in [0.2, 0.25) is 5.91 Å². The van der Waals surface area contributed by atoms with Crippen molar-refractivity contribution < 1.29 is 4.79 Å². The Balaban J connectivity index is 2.13. The van der Waals surface area contributed by atoms with Gasteiger partial charge in [0.25, 0.3) is 0 Å². The summed E-state index contributed by atoms with van der Waals surface area (Å²) in [6.07, 6.45) is 7.60. The van der Waals surface area contributed by atoms with Crippen molar-refractivity contribution in [1.29, 1.82) is 0 Å². The van der Waals surface area contributed by atoms with Crippen LogP contribution in [0.5, 0.6) is 0 Å². The van der Waals surface area contributed by atoms with Crippen LogP contribution >= 0.6 is 0 Å². The van der Waals surface area contributed by atoms with E-state index in [0.29, 0.717) is 18.4 Å². The predicted octanol–water partition coefficient (Wildman–Crippen LogP) is 2.45. The second kappa shape index (κ2) is 7.70. The van der Waals surface area contributed by atoms with Crippen molar-refractivity contribution >= 4 is 5.91 Å². The van der Waals surface area contributed by atoms with Crippen LogP contribution in [0.4, 0.5) is 0 Å². The van der Waals surface area contributed by atoms with Gasteiger partial charge in [-0.05, 0) is 44.1 Å². The van der Waals surface area contributed by atoms with E-state index in [4.69, 9.17) is 5.73 Å². The highest BCUT2D eigenvalue weighted by molar-refractivity contribution is 5.76. The van der Waals surface area contributed by atoms with Gasteiger partial charge in [0, 0.05) is 12.5 Å². The molecule has 0 radical (unpaired) electrons. The third-order valence-electron chi connectivity index (χ3n) is 3.70. The van der Waals surface area contributed by atoms with Gasteiger partial charge < -0.3 is 11.1 Å². The van der Waals surface area contributed by atoms with Gasteiger partial charge >= 0.3 is 0 Å². The number of carbonyl (C=O) groups excluding carboxylic acids is 1. The normalized spacial score (nSPS) is 18.8. The van der Waals surface area contributed by atoms with Crippen molar-refractivity contribution in [3.63, 3.8) is 0 Å². The molecular weight excluding hydrogens is 212 g/mol. The first-order chi connectivity index (χ1) is 8.15. The number of hydrogen-bond donors (Lipinski definition) is 2. The van der Waals surface area contributed by atoms with Gasteiger partial charge in [-0.2, -0.15) is 0 Å². The molecule has 0 aromatic carbocycles. The van der Waals surface area contributed by atoms with E-state index in [1.165, 1.54) is 19.3 Å². The molecule has 1 fully saturated rings. The molecule has 0 aromatic heterocycles. The Morgan fingerprint density at radius 1 is 1.41 bits per heavy atom. The molecular formula is C14H28N2O. The summed E-state index contributed by atoms with van der Waals surface area (Å²) in [6, 6.07) is 0.403. The molecule has 3 nitrogen and oxygen atoms in total. The summed E-state index contributed by atoms with van der Waals surface area (Å²) in [4.78, 5) is 11.8. The van der Waals surface area contributed by atoms with Gasteiger partial charge in [0.1, 0.15) is 0 Å². The maximum absolute atomic E-state index is 11.8. The molecule has 100 valence electrons. The molecule has 1 rings (SSSR count). The third kappa shape index (κ3) is 6.67. The summed E-state index contributed by atoms with van der Waals surface area (Å²) in [7, 11) is 0. The van der Waals surface area contributed by atoms with Crippen molar-refractivity contribution in [3.05, 3.63) is 0 Å². The van der Waals surface area contributed by atoms with Crippen LogP contribution < -0.4 is 11.1 Å². The summed E-state index contributed by atoms with van der Waals surface area (Å²) in [6.45, 7) is 5.05. The SMILES string of the molecule is CCC(CC1CC1)NC(=O)CCC(C)CCN. The first-order valence-corrected chi connectivity index (χ1v) is 7.15. The van der Waals surface area contributed by atoms with E-state index in [1.807, 2.05) is 0 Å². The van der Waals surface area contributed by atoms with Gasteiger partial charge in [-0.15, -0.1) is 0 Å². The van der Waals surface area contributed by atoms with E-state index in [1.54, 1.807) is 0 Å². The average Bonchev–Trinajstić information content (AvgIpc) is 3.10. The Kier molecular flexibility index (Phi) is 6.56. The van der Waals surface area contributed by atoms with E-state index in [9.17, 15) is 4.79 Å². The van der Waals surface area contributed by atoms with E-state index in [-0.39, 0.29) is 5.91 Å². The van der Waals surface area contributed by atoms with Crippen LogP contribution in [0.1, 0.15) is 58.8 Å². The molecule has 1 aliphatic rings. The highest BCUT2D eigenvalue weighted by Gasteiger charge is 2.25. The zero-order valence-electron chi connectivity index (χ0n) is 11.4. The number of carbonyl (C=O) groups is 1. The van der Waals surface area contributed by atoms with Crippen LogP contribution in [-0.4, -0.2) is 18.5 Å². The zero-order valence-corrected chi connectivity index (χ0v) is 11.4. The molecule has 3 N–H and O–H groups in total. The summed E-state index contributed by atoms with van der Waals surface area (Å²) >= 11 is 0. The Hall–Kier alpha value is -0.570. The van der Waals surface area contributed by atoms with Crippen molar-refractivity contribution in [2.45, 2.75) is 64.8 Å². The molecule has 1 amide bonds. The standard InChI is InChI=1S/C14H28N2O/c1-3-13(10-12-5-6-12)16-14(17)7-4-11(2)8-9-15/h11-13H,3-10,15H2,1-2H3,(H,16,17). The van der Waals surface area contributed by atoms with Crippen LogP contribution in [0.15, 0.2) is 0 Å². The molecule has 17 heavy (non-hydrogen) atoms. The van der Waals surface area contributed by atoms with Gasteiger partial charge in [-0.3, -0.25) is 4.79 Å². The van der Waals surface area contributed by atoms with Crippen LogP contribution in [0.2, 0.25) is 0 Å². The molecule has 0 aliphatic heterocycles. The highest BCUT2D eigenvalue weighted by Crippen LogP contribution is 2.34. The molecule has 1 saturated carbocycles. The van der Waals surface area contributed by atoms with Crippen molar-refractivity contribution in [1.82, 2.24) is 5.32 Å². The van der Waals surface area contributed by atoms with E-state index in [0.717, 1.165) is 31.7 Å². The lowest BCUT2D eigenvalue weighted by Gasteiger charge is -2.17. The van der Waals surface area contributed by atoms with Crippen LogP contribution in [0.3, 0.4) is 0 Å². The van der Waals surface area contributed by atoms with Crippen molar-refractivity contribution in [2.75, 3.05) is 6.54 Å². The van der Waals surface area contributed by atoms with Gasteiger partial charge in [-0.25, -0.2) is 0 Å². The maximum atomic E-state index is 11.8. The van der Waals surface area contributed by atoms with Gasteiger partial charge in [-0.1, -0.05) is 26.7 Å². The first-order valence-electron chi connectivity index (χ1n) is 7.15. The molecule has 2 unspecified atom stereocenters. The monoisotopic (exact) mass is 240 g/mol. The first kappa shape index (κ1) is 14.5. The Morgan fingerprint density at radius 3 is 2.65 bits per heavy atom. The minimum atomic E-state index is 0.223. The smallest absolute Gasteiger partial charge is 0.220 e. The molecule has 0 spiro atoms. The second-order valence-corrected chi connectivity index (χ2v) is 5.57. The van der Waals surface area contributed by atoms with E-state index >= 15 is 0 Å². The molecule has 0 saturated heterocycles. The largest absolute Gasteiger partial charge is 0.353 e. The van der Waals surface area contributed by atoms with Gasteiger partial charge in [0.05, 0.1) is 0 Å². The molecule has 2 atom stereocenters. The predicted molar refractivity (Wildman–Crippen MR) is 71.6 cm³/mol.